The number of anilines is 1. The van der Waals surface area contributed by atoms with E-state index in [0.29, 0.717) is 17.9 Å². The van der Waals surface area contributed by atoms with Crippen LogP contribution in [0.15, 0.2) is 6.07 Å². The first-order chi connectivity index (χ1) is 9.81. The second-order valence-corrected chi connectivity index (χ2v) is 6.75. The molecule has 6 nitrogen and oxygen atoms in total. The highest BCUT2D eigenvalue weighted by Gasteiger charge is 2.29. The zero-order valence-electron chi connectivity index (χ0n) is 11.6. The van der Waals surface area contributed by atoms with Crippen molar-refractivity contribution in [2.75, 3.05) is 17.7 Å². The van der Waals surface area contributed by atoms with Crippen molar-refractivity contribution in [3.63, 3.8) is 0 Å². The van der Waals surface area contributed by atoms with E-state index < -0.39 is 7.82 Å². The Labute approximate surface area is 126 Å². The number of fused-ring (bicyclic) bond motifs is 3. The molecule has 1 unspecified atom stereocenters. The zero-order chi connectivity index (χ0) is 15.4. The van der Waals surface area contributed by atoms with E-state index in [1.807, 2.05) is 13.8 Å². The van der Waals surface area contributed by atoms with Gasteiger partial charge in [-0.05, 0) is 25.0 Å². The number of halogens is 1. The maximum absolute atomic E-state index is 11.2. The fraction of sp³-hybridized carbons (Fsp3) is 0.385. The molecule has 1 aliphatic rings. The van der Waals surface area contributed by atoms with Crippen LogP contribution in [-0.4, -0.2) is 27.2 Å². The SMILES string of the molecule is Cc1[nH]c2c(OP(=O)(O)O)cc3c(c2c1C)C(CCl)CN3. The third kappa shape index (κ3) is 2.42. The number of phosphoric ester groups is 1. The molecule has 3 rings (SSSR count). The Hall–Kier alpha value is -1.20. The number of H-pyrrole nitrogens is 1. The topological polar surface area (TPSA) is 94.6 Å². The van der Waals surface area contributed by atoms with Crippen molar-refractivity contribution in [2.24, 2.45) is 0 Å². The molecule has 0 saturated heterocycles. The number of rotatable bonds is 3. The Morgan fingerprint density at radius 2 is 2.19 bits per heavy atom. The number of hydrogen-bond donors (Lipinski definition) is 4. The van der Waals surface area contributed by atoms with Crippen molar-refractivity contribution >= 4 is 36.0 Å². The van der Waals surface area contributed by atoms with Gasteiger partial charge in [-0.2, -0.15) is 0 Å². The lowest BCUT2D eigenvalue weighted by Crippen LogP contribution is -2.03. The predicted molar refractivity (Wildman–Crippen MR) is 82.4 cm³/mol. The van der Waals surface area contributed by atoms with Crippen LogP contribution in [0.3, 0.4) is 0 Å². The van der Waals surface area contributed by atoms with Crippen LogP contribution in [0, 0.1) is 13.8 Å². The highest BCUT2D eigenvalue weighted by Crippen LogP contribution is 2.48. The Bertz CT molecular complexity index is 767. The summed E-state index contributed by atoms with van der Waals surface area (Å²) in [6, 6.07) is 1.62. The van der Waals surface area contributed by atoms with E-state index in [9.17, 15) is 4.57 Å². The fourth-order valence-corrected chi connectivity index (χ4v) is 3.56. The van der Waals surface area contributed by atoms with Crippen molar-refractivity contribution in [3.8, 4) is 5.75 Å². The number of aromatic nitrogens is 1. The van der Waals surface area contributed by atoms with E-state index in [2.05, 4.69) is 10.3 Å². The number of aromatic amines is 1. The molecule has 0 bridgehead atoms. The number of phosphoric acid groups is 1. The summed E-state index contributed by atoms with van der Waals surface area (Å²) < 4.78 is 16.0. The molecule has 0 saturated carbocycles. The second-order valence-electron chi connectivity index (χ2n) is 5.27. The quantitative estimate of drug-likeness (QED) is 0.512. The second kappa shape index (κ2) is 4.92. The number of nitrogens with one attached hydrogen (secondary N) is 2. The largest absolute Gasteiger partial charge is 0.524 e. The average molecular weight is 331 g/mol. The molecule has 1 aliphatic heterocycles. The summed E-state index contributed by atoms with van der Waals surface area (Å²) in [7, 11) is -4.62. The summed E-state index contributed by atoms with van der Waals surface area (Å²) in [5.74, 6) is 0.801. The molecule has 1 atom stereocenters. The Morgan fingerprint density at radius 3 is 2.81 bits per heavy atom. The van der Waals surface area contributed by atoms with Crippen molar-refractivity contribution in [1.29, 1.82) is 0 Å². The lowest BCUT2D eigenvalue weighted by Gasteiger charge is -2.13. The third-order valence-electron chi connectivity index (χ3n) is 3.93. The highest BCUT2D eigenvalue weighted by atomic mass is 35.5. The summed E-state index contributed by atoms with van der Waals surface area (Å²) in [5.41, 5.74) is 4.48. The van der Waals surface area contributed by atoms with Gasteiger partial charge in [-0.1, -0.05) is 0 Å². The molecule has 114 valence electrons. The summed E-state index contributed by atoms with van der Waals surface area (Å²) in [6.07, 6.45) is 0. The van der Waals surface area contributed by atoms with Crippen molar-refractivity contribution in [1.82, 2.24) is 4.98 Å². The molecule has 1 aromatic heterocycles. The van der Waals surface area contributed by atoms with Gasteiger partial charge < -0.3 is 14.8 Å². The van der Waals surface area contributed by atoms with Crippen LogP contribution >= 0.6 is 19.4 Å². The van der Waals surface area contributed by atoms with Crippen LogP contribution in [0.1, 0.15) is 22.7 Å². The minimum Gasteiger partial charge on any atom is -0.402 e. The molecule has 0 spiro atoms. The molecule has 0 radical (unpaired) electrons. The van der Waals surface area contributed by atoms with E-state index in [1.54, 1.807) is 6.07 Å². The molecule has 0 fully saturated rings. The minimum absolute atomic E-state index is 0.149. The fourth-order valence-electron chi connectivity index (χ4n) is 2.89. The summed E-state index contributed by atoms with van der Waals surface area (Å²) in [4.78, 5) is 21.3. The lowest BCUT2D eigenvalue weighted by molar-refractivity contribution is 0.284. The monoisotopic (exact) mass is 330 g/mol. The lowest BCUT2D eigenvalue weighted by atomic mass is 9.96. The molecular formula is C13H16ClN2O4P. The van der Waals surface area contributed by atoms with Gasteiger partial charge in [-0.3, -0.25) is 9.79 Å². The normalized spacial score (nSPS) is 17.9. The maximum atomic E-state index is 11.2. The molecule has 2 aromatic rings. The van der Waals surface area contributed by atoms with Crippen molar-refractivity contribution < 1.29 is 18.9 Å². The molecule has 0 aliphatic carbocycles. The summed E-state index contributed by atoms with van der Waals surface area (Å²) in [6.45, 7) is 4.59. The van der Waals surface area contributed by atoms with Crippen LogP contribution in [0.25, 0.3) is 10.9 Å². The number of hydrogen-bond acceptors (Lipinski definition) is 3. The van der Waals surface area contributed by atoms with E-state index in [0.717, 1.165) is 27.9 Å². The number of benzene rings is 1. The molecule has 21 heavy (non-hydrogen) atoms. The first-order valence-electron chi connectivity index (χ1n) is 6.52. The molecule has 4 N–H and O–H groups in total. The summed E-state index contributed by atoms with van der Waals surface area (Å²) in [5, 5.41) is 4.16. The van der Waals surface area contributed by atoms with Gasteiger partial charge in [-0.15, -0.1) is 11.6 Å². The van der Waals surface area contributed by atoms with Crippen LogP contribution in [0.5, 0.6) is 5.75 Å². The molecule has 0 amide bonds. The number of alkyl halides is 1. The van der Waals surface area contributed by atoms with Crippen LogP contribution in [-0.2, 0) is 4.57 Å². The first kappa shape index (κ1) is 14.7. The van der Waals surface area contributed by atoms with Gasteiger partial charge in [0.05, 0.1) is 5.52 Å². The van der Waals surface area contributed by atoms with E-state index in [1.165, 1.54) is 0 Å². The van der Waals surface area contributed by atoms with Crippen molar-refractivity contribution in [2.45, 2.75) is 19.8 Å². The first-order valence-corrected chi connectivity index (χ1v) is 8.59. The Kier molecular flexibility index (Phi) is 3.45. The van der Waals surface area contributed by atoms with Gasteiger partial charge in [-0.25, -0.2) is 4.57 Å². The highest BCUT2D eigenvalue weighted by molar-refractivity contribution is 7.46. The van der Waals surface area contributed by atoms with Gasteiger partial charge in [0.15, 0.2) is 5.75 Å². The van der Waals surface area contributed by atoms with Crippen molar-refractivity contribution in [3.05, 3.63) is 22.9 Å². The molecule has 1 aromatic carbocycles. The van der Waals surface area contributed by atoms with E-state index >= 15 is 0 Å². The minimum atomic E-state index is -4.62. The maximum Gasteiger partial charge on any atom is 0.524 e. The molecular weight excluding hydrogens is 315 g/mol. The standard InChI is InChI=1S/C13H16ClN2O4P/c1-6-7(2)16-13-10(20-21(17,18)19)3-9-12(11(6)13)8(4-14)5-15-9/h3,8,15-16H,4-5H2,1-2H3,(H2,17,18,19). The average Bonchev–Trinajstić information content (AvgIpc) is 2.90. The van der Waals surface area contributed by atoms with Gasteiger partial charge in [0.1, 0.15) is 0 Å². The molecule has 2 heterocycles. The van der Waals surface area contributed by atoms with Crippen LogP contribution in [0.2, 0.25) is 0 Å². The van der Waals surface area contributed by atoms with E-state index in [4.69, 9.17) is 25.9 Å². The van der Waals surface area contributed by atoms with Crippen LogP contribution in [0.4, 0.5) is 5.69 Å². The van der Waals surface area contributed by atoms with Gasteiger partial charge in [0.25, 0.3) is 0 Å². The molecule has 8 heteroatoms. The van der Waals surface area contributed by atoms with E-state index in [-0.39, 0.29) is 11.7 Å². The van der Waals surface area contributed by atoms with Crippen LogP contribution < -0.4 is 9.84 Å². The van der Waals surface area contributed by atoms with Gasteiger partial charge >= 0.3 is 7.82 Å². The smallest absolute Gasteiger partial charge is 0.402 e. The zero-order valence-corrected chi connectivity index (χ0v) is 13.3. The van der Waals surface area contributed by atoms with Gasteiger partial charge in [0, 0.05) is 41.2 Å². The Balaban J connectivity index is 2.31. The van der Waals surface area contributed by atoms with Gasteiger partial charge in [0.2, 0.25) is 0 Å². The Morgan fingerprint density at radius 1 is 1.48 bits per heavy atom. The number of aryl methyl sites for hydroxylation is 2. The third-order valence-corrected chi connectivity index (χ3v) is 4.74. The predicted octanol–water partition coefficient (Wildman–Crippen LogP) is 3.00. The summed E-state index contributed by atoms with van der Waals surface area (Å²) >= 11 is 6.04.